The number of anilines is 2. The summed E-state index contributed by atoms with van der Waals surface area (Å²) in [7, 11) is -3.56. The summed E-state index contributed by atoms with van der Waals surface area (Å²) in [6, 6.07) is 16.7. The number of pyridine rings is 1. The Morgan fingerprint density at radius 3 is 2.45 bits per heavy atom. The topological polar surface area (TPSA) is 88.6 Å². The number of ether oxygens (including phenoxy) is 1. The predicted octanol–water partition coefficient (Wildman–Crippen LogP) is 3.15. The van der Waals surface area contributed by atoms with Crippen molar-refractivity contribution in [1.82, 2.24) is 4.98 Å². The lowest BCUT2D eigenvalue weighted by molar-refractivity contribution is -0.122. The van der Waals surface area contributed by atoms with E-state index in [4.69, 9.17) is 4.74 Å². The molecule has 1 aliphatic heterocycles. The number of hydrogen-bond donors (Lipinski definition) is 1. The number of rotatable bonds is 5. The molecule has 0 saturated heterocycles. The lowest BCUT2D eigenvalue weighted by Gasteiger charge is -2.34. The number of fused-ring (bicyclic) bond motifs is 1. The molecule has 0 radical (unpaired) electrons. The zero-order valence-corrected chi connectivity index (χ0v) is 18.1. The van der Waals surface area contributed by atoms with Crippen molar-refractivity contribution >= 4 is 27.3 Å². The Morgan fingerprint density at radius 1 is 1.10 bits per heavy atom. The van der Waals surface area contributed by atoms with E-state index in [0.717, 1.165) is 29.4 Å². The number of benzene rings is 2. The zero-order valence-electron chi connectivity index (χ0n) is 17.3. The largest absolute Gasteiger partial charge is 0.476 e. The van der Waals surface area contributed by atoms with Crippen LogP contribution in [0.4, 0.5) is 11.4 Å². The Labute approximate surface area is 181 Å². The maximum Gasteiger partial charge on any atom is 0.267 e. The van der Waals surface area contributed by atoms with Crippen molar-refractivity contribution in [2.75, 3.05) is 22.4 Å². The van der Waals surface area contributed by atoms with E-state index < -0.39 is 22.0 Å². The van der Waals surface area contributed by atoms with Gasteiger partial charge < -0.3 is 10.1 Å². The van der Waals surface area contributed by atoms with Crippen LogP contribution in [0.15, 0.2) is 67.0 Å². The van der Waals surface area contributed by atoms with Gasteiger partial charge in [-0.25, -0.2) is 8.42 Å². The van der Waals surface area contributed by atoms with Crippen LogP contribution in [0.25, 0.3) is 0 Å². The van der Waals surface area contributed by atoms with Crippen LogP contribution in [0.2, 0.25) is 0 Å². The fourth-order valence-corrected chi connectivity index (χ4v) is 4.38. The molecule has 0 aliphatic carbocycles. The van der Waals surface area contributed by atoms with E-state index in [1.165, 1.54) is 4.31 Å². The van der Waals surface area contributed by atoms with E-state index in [1.54, 1.807) is 24.5 Å². The Morgan fingerprint density at radius 2 is 1.77 bits per heavy atom. The number of carbonyl (C=O) groups excluding carboxylic acids is 1. The number of aromatic nitrogens is 1. The van der Waals surface area contributed by atoms with Crippen molar-refractivity contribution < 1.29 is 17.9 Å². The smallest absolute Gasteiger partial charge is 0.267 e. The summed E-state index contributed by atoms with van der Waals surface area (Å²) in [5.41, 5.74) is 4.23. The molecule has 1 aliphatic rings. The molecule has 1 amide bonds. The highest BCUT2D eigenvalue weighted by atomic mass is 32.2. The number of carbonyl (C=O) groups is 1. The molecule has 2 aromatic carbocycles. The molecule has 0 saturated carbocycles. The van der Waals surface area contributed by atoms with E-state index >= 15 is 0 Å². The average Bonchev–Trinajstić information content (AvgIpc) is 2.74. The van der Waals surface area contributed by atoms with Gasteiger partial charge >= 0.3 is 0 Å². The number of nitrogens with zero attached hydrogens (tertiary/aromatic N) is 2. The van der Waals surface area contributed by atoms with Gasteiger partial charge in [-0.15, -0.1) is 0 Å². The Hall–Kier alpha value is -3.39. The maximum atomic E-state index is 12.8. The maximum absolute atomic E-state index is 12.8. The molecule has 0 bridgehead atoms. The first-order valence-electron chi connectivity index (χ1n) is 9.83. The molecule has 0 fully saturated rings. The van der Waals surface area contributed by atoms with Crippen LogP contribution in [0.3, 0.4) is 0 Å². The minimum Gasteiger partial charge on any atom is -0.476 e. The first kappa shape index (κ1) is 20.9. The molecular weight excluding hydrogens is 414 g/mol. The molecule has 8 heteroatoms. The van der Waals surface area contributed by atoms with Crippen LogP contribution in [0.1, 0.15) is 16.7 Å². The molecule has 1 aromatic heterocycles. The van der Waals surface area contributed by atoms with Gasteiger partial charge in [-0.1, -0.05) is 18.2 Å². The van der Waals surface area contributed by atoms with Crippen molar-refractivity contribution in [3.63, 3.8) is 0 Å². The van der Waals surface area contributed by atoms with Crippen LogP contribution in [0, 0.1) is 6.92 Å². The second kappa shape index (κ2) is 8.39. The van der Waals surface area contributed by atoms with Crippen LogP contribution < -0.4 is 14.4 Å². The van der Waals surface area contributed by atoms with Crippen LogP contribution in [0.5, 0.6) is 5.75 Å². The normalized spacial score (nSPS) is 15.7. The highest BCUT2D eigenvalue weighted by Gasteiger charge is 2.35. The number of sulfonamides is 1. The number of hydrogen-bond acceptors (Lipinski definition) is 5. The second-order valence-corrected chi connectivity index (χ2v) is 9.50. The van der Waals surface area contributed by atoms with Gasteiger partial charge in [0.25, 0.3) is 5.91 Å². The van der Waals surface area contributed by atoms with Crippen LogP contribution in [-0.2, 0) is 21.2 Å². The summed E-state index contributed by atoms with van der Waals surface area (Å²) in [5.74, 6) is -0.0307. The zero-order chi connectivity index (χ0) is 22.0. The quantitative estimate of drug-likeness (QED) is 0.662. The third kappa shape index (κ3) is 4.86. The van der Waals surface area contributed by atoms with Gasteiger partial charge in [-0.2, -0.15) is 0 Å². The van der Waals surface area contributed by atoms with E-state index in [1.807, 2.05) is 49.4 Å². The molecule has 7 nitrogen and oxygen atoms in total. The fourth-order valence-electron chi connectivity index (χ4n) is 3.48. The molecule has 2 heterocycles. The predicted molar refractivity (Wildman–Crippen MR) is 120 cm³/mol. The van der Waals surface area contributed by atoms with Crippen molar-refractivity contribution in [3.8, 4) is 5.75 Å². The van der Waals surface area contributed by atoms with Gasteiger partial charge in [-0.3, -0.25) is 14.1 Å². The molecule has 3 aromatic rings. The lowest BCUT2D eigenvalue weighted by atomic mass is 10.1. The van der Waals surface area contributed by atoms with Gasteiger partial charge in [0.2, 0.25) is 10.0 Å². The lowest BCUT2D eigenvalue weighted by Crippen LogP contribution is -2.48. The summed E-state index contributed by atoms with van der Waals surface area (Å²) in [5, 5.41) is 2.82. The second-order valence-electron chi connectivity index (χ2n) is 7.59. The van der Waals surface area contributed by atoms with E-state index in [2.05, 4.69) is 10.3 Å². The van der Waals surface area contributed by atoms with Crippen molar-refractivity contribution in [1.29, 1.82) is 0 Å². The standard InChI is InChI=1S/C23H23N3O4S/c1-16-3-8-21-20(13-16)26(31(2,28)29)15-22(30-21)23(27)25-19-6-4-17(5-7-19)14-18-9-11-24-12-10-18/h3-13,22H,14-15H2,1-2H3,(H,25,27). The van der Waals surface area contributed by atoms with Gasteiger partial charge in [0.15, 0.2) is 6.10 Å². The minimum absolute atomic E-state index is 0.0821. The third-order valence-electron chi connectivity index (χ3n) is 5.06. The van der Waals surface area contributed by atoms with Crippen molar-refractivity contribution in [2.24, 2.45) is 0 Å². The van der Waals surface area contributed by atoms with Gasteiger partial charge in [0.1, 0.15) is 5.75 Å². The number of amides is 1. The summed E-state index contributed by atoms with van der Waals surface area (Å²) in [6.45, 7) is 1.79. The van der Waals surface area contributed by atoms with Crippen LogP contribution in [-0.4, -0.2) is 38.2 Å². The highest BCUT2D eigenvalue weighted by Crippen LogP contribution is 2.36. The average molecular weight is 438 g/mol. The number of aryl methyl sites for hydroxylation is 1. The SMILES string of the molecule is Cc1ccc2c(c1)N(S(C)(=O)=O)CC(C(=O)Nc1ccc(Cc3ccncc3)cc1)O2. The Kier molecular flexibility index (Phi) is 5.65. The van der Waals surface area contributed by atoms with E-state index in [9.17, 15) is 13.2 Å². The van der Waals surface area contributed by atoms with Crippen LogP contribution >= 0.6 is 0 Å². The first-order valence-corrected chi connectivity index (χ1v) is 11.7. The van der Waals surface area contributed by atoms with Gasteiger partial charge in [0, 0.05) is 18.1 Å². The molecular formula is C23H23N3O4S. The summed E-state index contributed by atoms with van der Waals surface area (Å²) in [4.78, 5) is 16.8. The third-order valence-corrected chi connectivity index (χ3v) is 6.20. The van der Waals surface area contributed by atoms with Crippen molar-refractivity contribution in [3.05, 3.63) is 83.7 Å². The summed E-state index contributed by atoms with van der Waals surface area (Å²) >= 11 is 0. The number of nitrogens with one attached hydrogen (secondary N) is 1. The molecule has 1 N–H and O–H groups in total. The molecule has 160 valence electrons. The van der Waals surface area contributed by atoms with Gasteiger partial charge in [-0.05, 0) is 66.4 Å². The van der Waals surface area contributed by atoms with E-state index in [0.29, 0.717) is 17.1 Å². The monoisotopic (exact) mass is 437 g/mol. The molecule has 31 heavy (non-hydrogen) atoms. The highest BCUT2D eigenvalue weighted by molar-refractivity contribution is 7.92. The Balaban J connectivity index is 1.48. The molecule has 1 unspecified atom stereocenters. The summed E-state index contributed by atoms with van der Waals surface area (Å²) < 4.78 is 31.7. The van der Waals surface area contributed by atoms with E-state index in [-0.39, 0.29) is 6.54 Å². The minimum atomic E-state index is -3.56. The molecule has 0 spiro atoms. The fraction of sp³-hybridized carbons (Fsp3) is 0.217. The Bertz CT molecular complexity index is 1200. The van der Waals surface area contributed by atoms with Crippen molar-refractivity contribution in [2.45, 2.75) is 19.4 Å². The first-order chi connectivity index (χ1) is 14.8. The van der Waals surface area contributed by atoms with Gasteiger partial charge in [0.05, 0.1) is 18.5 Å². The molecule has 1 atom stereocenters. The summed E-state index contributed by atoms with van der Waals surface area (Å²) in [6.07, 6.45) is 4.45. The molecule has 4 rings (SSSR count).